The zero-order valence-corrected chi connectivity index (χ0v) is 10.4. The summed E-state index contributed by atoms with van der Waals surface area (Å²) in [5.74, 6) is 0.944. The second-order valence-electron chi connectivity index (χ2n) is 4.93. The lowest BCUT2D eigenvalue weighted by atomic mass is 9.86. The molecule has 2 heteroatoms. The molecule has 1 aliphatic carbocycles. The third kappa shape index (κ3) is 2.08. The summed E-state index contributed by atoms with van der Waals surface area (Å²) in [5.41, 5.74) is 1.33. The van der Waals surface area contributed by atoms with E-state index in [9.17, 15) is 0 Å². The summed E-state index contributed by atoms with van der Waals surface area (Å²) >= 11 is 2.10. The summed E-state index contributed by atoms with van der Waals surface area (Å²) in [7, 11) is 0. The molecule has 0 saturated heterocycles. The molecule has 1 saturated carbocycles. The van der Waals surface area contributed by atoms with E-state index in [0.717, 1.165) is 17.7 Å². The predicted octanol–water partition coefficient (Wildman–Crippen LogP) is 4.15. The van der Waals surface area contributed by atoms with Crippen molar-refractivity contribution in [3.8, 4) is 0 Å². The molecule has 0 spiro atoms. The van der Waals surface area contributed by atoms with Gasteiger partial charge in [0.25, 0.3) is 0 Å². The summed E-state index contributed by atoms with van der Waals surface area (Å²) < 4.78 is 0. The van der Waals surface area contributed by atoms with Crippen LogP contribution in [0.3, 0.4) is 0 Å². The van der Waals surface area contributed by atoms with Gasteiger partial charge in [-0.2, -0.15) is 0 Å². The van der Waals surface area contributed by atoms with Gasteiger partial charge in [-0.1, -0.05) is 31.4 Å². The van der Waals surface area contributed by atoms with Crippen LogP contribution in [-0.2, 0) is 0 Å². The van der Waals surface area contributed by atoms with Gasteiger partial charge in [0.2, 0.25) is 0 Å². The van der Waals surface area contributed by atoms with E-state index in [-0.39, 0.29) is 0 Å². The molecular weight excluding hydrogens is 214 g/mol. The Hall–Kier alpha value is -0.630. The molecule has 1 aromatic carbocycles. The normalized spacial score (nSPS) is 25.9. The van der Waals surface area contributed by atoms with Crippen LogP contribution in [-0.4, -0.2) is 11.8 Å². The van der Waals surface area contributed by atoms with Gasteiger partial charge in [0.05, 0.1) is 0 Å². The monoisotopic (exact) mass is 233 g/mol. The lowest BCUT2D eigenvalue weighted by molar-refractivity contribution is 0.352. The van der Waals surface area contributed by atoms with Crippen molar-refractivity contribution in [3.63, 3.8) is 0 Å². The first-order valence-electron chi connectivity index (χ1n) is 6.43. The van der Waals surface area contributed by atoms with Gasteiger partial charge >= 0.3 is 0 Å². The van der Waals surface area contributed by atoms with Crippen LogP contribution in [0, 0.1) is 5.92 Å². The van der Waals surface area contributed by atoms with E-state index in [2.05, 4.69) is 41.3 Å². The van der Waals surface area contributed by atoms with Gasteiger partial charge in [-0.25, -0.2) is 0 Å². The average Bonchev–Trinajstić information content (AvgIpc) is 2.39. The van der Waals surface area contributed by atoms with Gasteiger partial charge in [-0.05, 0) is 30.9 Å². The van der Waals surface area contributed by atoms with Gasteiger partial charge in [0, 0.05) is 22.4 Å². The lowest BCUT2D eigenvalue weighted by Crippen LogP contribution is -2.30. The summed E-state index contributed by atoms with van der Waals surface area (Å²) in [6.45, 7) is 1.16. The van der Waals surface area contributed by atoms with E-state index < -0.39 is 0 Å². The molecule has 0 aromatic heterocycles. The molecule has 0 bridgehead atoms. The fourth-order valence-corrected chi connectivity index (χ4v) is 4.28. The highest BCUT2D eigenvalue weighted by molar-refractivity contribution is 8.00. The molecule has 1 nitrogen and oxygen atoms in total. The molecule has 1 aliphatic heterocycles. The highest BCUT2D eigenvalue weighted by Crippen LogP contribution is 2.41. The number of benzene rings is 1. The van der Waals surface area contributed by atoms with E-state index >= 15 is 0 Å². The molecule has 1 heterocycles. The Kier molecular flexibility index (Phi) is 3.09. The van der Waals surface area contributed by atoms with Crippen molar-refractivity contribution in [2.24, 2.45) is 5.92 Å². The van der Waals surface area contributed by atoms with Gasteiger partial charge in [-0.3, -0.25) is 0 Å². The van der Waals surface area contributed by atoms with Crippen LogP contribution in [0.1, 0.15) is 32.1 Å². The molecule has 1 unspecified atom stereocenters. The van der Waals surface area contributed by atoms with E-state index in [0.29, 0.717) is 0 Å². The third-order valence-corrected chi connectivity index (χ3v) is 5.30. The van der Waals surface area contributed by atoms with Crippen molar-refractivity contribution in [2.75, 3.05) is 11.9 Å². The van der Waals surface area contributed by atoms with E-state index in [1.54, 1.807) is 0 Å². The van der Waals surface area contributed by atoms with Crippen molar-refractivity contribution >= 4 is 17.4 Å². The molecule has 1 fully saturated rings. The van der Waals surface area contributed by atoms with Crippen LogP contribution in [0.4, 0.5) is 5.69 Å². The Labute approximate surface area is 102 Å². The molecular formula is C14H19NS. The molecule has 0 amide bonds. The number of para-hydroxylation sites is 1. The van der Waals surface area contributed by atoms with Crippen LogP contribution >= 0.6 is 11.8 Å². The number of anilines is 1. The molecule has 1 aromatic rings. The van der Waals surface area contributed by atoms with Crippen molar-refractivity contribution in [3.05, 3.63) is 24.3 Å². The van der Waals surface area contributed by atoms with Crippen molar-refractivity contribution in [1.82, 2.24) is 0 Å². The van der Waals surface area contributed by atoms with E-state index in [4.69, 9.17) is 0 Å². The minimum atomic E-state index is 0.801. The Balaban J connectivity index is 1.72. The van der Waals surface area contributed by atoms with Crippen LogP contribution in [0.2, 0.25) is 0 Å². The summed E-state index contributed by atoms with van der Waals surface area (Å²) in [6, 6.07) is 8.71. The topological polar surface area (TPSA) is 12.0 Å². The minimum absolute atomic E-state index is 0.801. The first-order chi connectivity index (χ1) is 7.93. The second-order valence-corrected chi connectivity index (χ2v) is 6.21. The number of rotatable bonds is 1. The number of hydrogen-bond donors (Lipinski definition) is 1. The highest BCUT2D eigenvalue weighted by atomic mass is 32.2. The quantitative estimate of drug-likeness (QED) is 0.782. The molecule has 2 aliphatic rings. The van der Waals surface area contributed by atoms with E-state index in [1.807, 2.05) is 0 Å². The van der Waals surface area contributed by atoms with Crippen molar-refractivity contribution < 1.29 is 0 Å². The van der Waals surface area contributed by atoms with Gasteiger partial charge < -0.3 is 5.32 Å². The smallest absolute Gasteiger partial charge is 0.0478 e. The molecule has 3 rings (SSSR count). The molecule has 0 radical (unpaired) electrons. The first-order valence-corrected chi connectivity index (χ1v) is 7.31. The molecule has 16 heavy (non-hydrogen) atoms. The van der Waals surface area contributed by atoms with E-state index in [1.165, 1.54) is 42.7 Å². The molecule has 1 atom stereocenters. The Morgan fingerprint density at radius 3 is 2.75 bits per heavy atom. The van der Waals surface area contributed by atoms with Crippen molar-refractivity contribution in [2.45, 2.75) is 42.2 Å². The summed E-state index contributed by atoms with van der Waals surface area (Å²) in [6.07, 6.45) is 7.24. The van der Waals surface area contributed by atoms with Gasteiger partial charge in [0.15, 0.2) is 0 Å². The average molecular weight is 233 g/mol. The SMILES string of the molecule is c1ccc2c(c1)NCC(C1CCCCC1)S2. The van der Waals surface area contributed by atoms with Crippen LogP contribution < -0.4 is 5.32 Å². The van der Waals surface area contributed by atoms with Crippen LogP contribution in [0.5, 0.6) is 0 Å². The maximum atomic E-state index is 3.59. The molecule has 86 valence electrons. The lowest BCUT2D eigenvalue weighted by Gasteiger charge is -2.33. The summed E-state index contributed by atoms with van der Waals surface area (Å²) in [5, 5.41) is 4.39. The maximum Gasteiger partial charge on any atom is 0.0478 e. The van der Waals surface area contributed by atoms with Crippen LogP contribution in [0.15, 0.2) is 29.2 Å². The maximum absolute atomic E-state index is 3.59. The predicted molar refractivity (Wildman–Crippen MR) is 71.2 cm³/mol. The number of nitrogens with one attached hydrogen (secondary N) is 1. The first kappa shape index (κ1) is 10.5. The Morgan fingerprint density at radius 2 is 1.88 bits per heavy atom. The number of fused-ring (bicyclic) bond motifs is 1. The Morgan fingerprint density at radius 1 is 1.06 bits per heavy atom. The van der Waals surface area contributed by atoms with Crippen LogP contribution in [0.25, 0.3) is 0 Å². The minimum Gasteiger partial charge on any atom is -0.383 e. The number of thioether (sulfide) groups is 1. The highest BCUT2D eigenvalue weighted by Gasteiger charge is 2.27. The Bertz CT molecular complexity index is 358. The van der Waals surface area contributed by atoms with Crippen molar-refractivity contribution in [1.29, 1.82) is 0 Å². The summed E-state index contributed by atoms with van der Waals surface area (Å²) in [4.78, 5) is 1.45. The fraction of sp³-hybridized carbons (Fsp3) is 0.571. The zero-order chi connectivity index (χ0) is 10.8. The zero-order valence-electron chi connectivity index (χ0n) is 9.61. The third-order valence-electron chi connectivity index (χ3n) is 3.83. The largest absolute Gasteiger partial charge is 0.383 e. The fourth-order valence-electron chi connectivity index (χ4n) is 2.90. The van der Waals surface area contributed by atoms with Gasteiger partial charge in [0.1, 0.15) is 0 Å². The second kappa shape index (κ2) is 4.70. The molecule has 1 N–H and O–H groups in total. The number of hydrogen-bond acceptors (Lipinski definition) is 2. The van der Waals surface area contributed by atoms with Gasteiger partial charge in [-0.15, -0.1) is 11.8 Å². The standard InChI is InChI=1S/C14H19NS/c1-2-6-11(7-3-1)14-10-15-12-8-4-5-9-13(12)16-14/h4-5,8-9,11,14-15H,1-3,6-7,10H2.